The van der Waals surface area contributed by atoms with Crippen LogP contribution < -0.4 is 5.06 Å². The first-order chi connectivity index (χ1) is 5.10. The molecular weight excluding hydrogens is 158 g/mol. The first kappa shape index (κ1) is 11.8. The molecule has 0 aromatic heterocycles. The van der Waals surface area contributed by atoms with E-state index >= 15 is 0 Å². The summed E-state index contributed by atoms with van der Waals surface area (Å²) in [5.74, 6) is 0. The number of rotatable bonds is 4. The maximum Gasteiger partial charge on any atom is 0.108 e. The summed E-state index contributed by atoms with van der Waals surface area (Å²) in [5, 5.41) is 29.6. The molecule has 0 radical (unpaired) electrons. The molecule has 74 valence electrons. The van der Waals surface area contributed by atoms with Gasteiger partial charge in [-0.25, -0.2) is 0 Å². The first-order valence-electron chi connectivity index (χ1n) is 4.07. The van der Waals surface area contributed by atoms with E-state index in [1.807, 2.05) is 0 Å². The van der Waals surface area contributed by atoms with Gasteiger partial charge in [-0.15, -0.1) is 0 Å². The lowest BCUT2D eigenvalue weighted by Gasteiger charge is -2.32. The van der Waals surface area contributed by atoms with Crippen LogP contribution in [0, 0.1) is 5.21 Å². The van der Waals surface area contributed by atoms with Crippen LogP contribution in [0.3, 0.4) is 0 Å². The molecule has 0 aliphatic carbocycles. The lowest BCUT2D eigenvalue weighted by molar-refractivity contribution is -0.861. The number of hydrogen-bond acceptors (Lipinski definition) is 3. The largest absolute Gasteiger partial charge is 0.634 e. The molecule has 3 N–H and O–H groups in total. The van der Waals surface area contributed by atoms with Gasteiger partial charge < -0.3 is 20.5 Å². The summed E-state index contributed by atoms with van der Waals surface area (Å²) in [4.78, 5) is 0. The quantitative estimate of drug-likeness (QED) is 0.478. The SMILES string of the molecule is CC(C)(O)C[NH+]([O-])CC(C)(C)O. The molecule has 4 heteroatoms. The Kier molecular flexibility index (Phi) is 3.65. The molecule has 0 heterocycles. The van der Waals surface area contributed by atoms with E-state index in [9.17, 15) is 15.4 Å². The molecule has 0 bridgehead atoms. The fraction of sp³-hybridized carbons (Fsp3) is 1.00. The fourth-order valence-corrected chi connectivity index (χ4v) is 1.03. The van der Waals surface area contributed by atoms with Crippen LogP contribution in [0.25, 0.3) is 0 Å². The molecular formula is C8H19NO3. The van der Waals surface area contributed by atoms with Gasteiger partial charge in [0, 0.05) is 0 Å². The lowest BCUT2D eigenvalue weighted by atomic mass is 10.1. The van der Waals surface area contributed by atoms with E-state index in [2.05, 4.69) is 0 Å². The van der Waals surface area contributed by atoms with Crippen LogP contribution in [0.15, 0.2) is 0 Å². The zero-order chi connectivity index (χ0) is 9.99. The van der Waals surface area contributed by atoms with Crippen LogP contribution in [0.5, 0.6) is 0 Å². The summed E-state index contributed by atoms with van der Waals surface area (Å²) in [7, 11) is 0. The van der Waals surface area contributed by atoms with Gasteiger partial charge in [0.2, 0.25) is 0 Å². The summed E-state index contributed by atoms with van der Waals surface area (Å²) >= 11 is 0. The predicted octanol–water partition coefficient (Wildman–Crippen LogP) is -1.09. The van der Waals surface area contributed by atoms with Crippen LogP contribution in [0.2, 0.25) is 0 Å². The number of hydrogen-bond donors (Lipinski definition) is 3. The van der Waals surface area contributed by atoms with Crippen molar-refractivity contribution in [1.82, 2.24) is 0 Å². The summed E-state index contributed by atoms with van der Waals surface area (Å²) in [6.45, 7) is 6.50. The second-order valence-electron chi connectivity index (χ2n) is 4.52. The summed E-state index contributed by atoms with van der Waals surface area (Å²) in [5.41, 5.74) is -1.94. The molecule has 0 atom stereocenters. The Morgan fingerprint density at radius 1 is 1.00 bits per heavy atom. The Morgan fingerprint density at radius 3 is 1.42 bits per heavy atom. The summed E-state index contributed by atoms with van der Waals surface area (Å²) in [6.07, 6.45) is 0. The minimum Gasteiger partial charge on any atom is -0.634 e. The average molecular weight is 177 g/mol. The molecule has 0 amide bonds. The molecule has 0 aliphatic heterocycles. The third-order valence-electron chi connectivity index (χ3n) is 1.26. The van der Waals surface area contributed by atoms with Crippen LogP contribution in [-0.2, 0) is 0 Å². The van der Waals surface area contributed by atoms with Gasteiger partial charge in [0.05, 0.1) is 0 Å². The van der Waals surface area contributed by atoms with E-state index in [0.29, 0.717) is 0 Å². The van der Waals surface area contributed by atoms with E-state index in [-0.39, 0.29) is 18.2 Å². The maximum absolute atomic E-state index is 11.2. The predicted molar refractivity (Wildman–Crippen MR) is 46.7 cm³/mol. The minimum atomic E-state index is -0.970. The normalized spacial score (nSPS) is 14.0. The maximum atomic E-state index is 11.2. The molecule has 0 aromatic rings. The van der Waals surface area contributed by atoms with Crippen molar-refractivity contribution in [2.45, 2.75) is 38.9 Å². The van der Waals surface area contributed by atoms with Crippen LogP contribution >= 0.6 is 0 Å². The Hall–Kier alpha value is -0.160. The van der Waals surface area contributed by atoms with Crippen molar-refractivity contribution in [3.8, 4) is 0 Å². The second-order valence-corrected chi connectivity index (χ2v) is 4.52. The van der Waals surface area contributed by atoms with E-state index < -0.39 is 11.2 Å². The Labute approximate surface area is 73.4 Å². The van der Waals surface area contributed by atoms with Gasteiger partial charge in [0.15, 0.2) is 0 Å². The highest BCUT2D eigenvalue weighted by Gasteiger charge is 2.22. The highest BCUT2D eigenvalue weighted by molar-refractivity contribution is 4.66. The molecule has 0 fully saturated rings. The van der Waals surface area contributed by atoms with Gasteiger partial charge in [0.25, 0.3) is 0 Å². The zero-order valence-electron chi connectivity index (χ0n) is 8.22. The third-order valence-corrected chi connectivity index (χ3v) is 1.26. The van der Waals surface area contributed by atoms with Crippen molar-refractivity contribution in [1.29, 1.82) is 0 Å². The molecule has 0 aromatic carbocycles. The second kappa shape index (κ2) is 3.70. The first-order valence-corrected chi connectivity index (χ1v) is 4.07. The number of hydroxylamine groups is 2. The van der Waals surface area contributed by atoms with E-state index in [4.69, 9.17) is 0 Å². The molecule has 0 rings (SSSR count). The van der Waals surface area contributed by atoms with Crippen molar-refractivity contribution < 1.29 is 15.3 Å². The molecule has 0 saturated heterocycles. The molecule has 0 aliphatic rings. The van der Waals surface area contributed by atoms with Gasteiger partial charge in [-0.05, 0) is 27.7 Å². The van der Waals surface area contributed by atoms with E-state index in [1.165, 1.54) is 0 Å². The molecule has 12 heavy (non-hydrogen) atoms. The van der Waals surface area contributed by atoms with Gasteiger partial charge in [-0.1, -0.05) is 0 Å². The number of nitrogens with one attached hydrogen (secondary N) is 1. The molecule has 0 unspecified atom stereocenters. The van der Waals surface area contributed by atoms with Crippen molar-refractivity contribution in [3.63, 3.8) is 0 Å². The summed E-state index contributed by atoms with van der Waals surface area (Å²) < 4.78 is 0. The molecule has 4 nitrogen and oxygen atoms in total. The summed E-state index contributed by atoms with van der Waals surface area (Å²) in [6, 6.07) is 0. The smallest absolute Gasteiger partial charge is 0.108 e. The van der Waals surface area contributed by atoms with Crippen LogP contribution in [-0.4, -0.2) is 34.5 Å². The fourth-order valence-electron chi connectivity index (χ4n) is 1.03. The number of aliphatic hydroxyl groups is 2. The molecule has 0 saturated carbocycles. The van der Waals surface area contributed by atoms with Crippen molar-refractivity contribution in [3.05, 3.63) is 5.21 Å². The van der Waals surface area contributed by atoms with Crippen LogP contribution in [0.4, 0.5) is 0 Å². The van der Waals surface area contributed by atoms with Crippen molar-refractivity contribution in [2.24, 2.45) is 0 Å². The van der Waals surface area contributed by atoms with E-state index in [1.54, 1.807) is 27.7 Å². The minimum absolute atomic E-state index is 0.0942. The highest BCUT2D eigenvalue weighted by Crippen LogP contribution is 1.97. The Morgan fingerprint density at radius 2 is 1.25 bits per heavy atom. The zero-order valence-corrected chi connectivity index (χ0v) is 8.22. The average Bonchev–Trinajstić information content (AvgIpc) is 1.49. The van der Waals surface area contributed by atoms with Gasteiger partial charge in [-0.2, -0.15) is 0 Å². The third kappa shape index (κ3) is 7.94. The van der Waals surface area contributed by atoms with Crippen molar-refractivity contribution in [2.75, 3.05) is 13.1 Å². The number of quaternary nitrogens is 1. The monoisotopic (exact) mass is 177 g/mol. The van der Waals surface area contributed by atoms with Crippen molar-refractivity contribution >= 4 is 0 Å². The standard InChI is InChI=1S/C8H19NO3/c1-7(2,10)5-9(12)6-8(3,4)11/h9-11H,5-6H2,1-4H3. The Bertz CT molecular complexity index is 118. The topological polar surface area (TPSA) is 68.0 Å². The van der Waals surface area contributed by atoms with Crippen LogP contribution in [0.1, 0.15) is 27.7 Å². The molecule has 0 spiro atoms. The van der Waals surface area contributed by atoms with Gasteiger partial charge >= 0.3 is 0 Å². The van der Waals surface area contributed by atoms with E-state index in [0.717, 1.165) is 0 Å². The lowest BCUT2D eigenvalue weighted by Crippen LogP contribution is -3.11. The Balaban J connectivity index is 3.83. The highest BCUT2D eigenvalue weighted by atomic mass is 16.5. The van der Waals surface area contributed by atoms with Gasteiger partial charge in [-0.3, -0.25) is 0 Å². The van der Waals surface area contributed by atoms with Gasteiger partial charge in [0.1, 0.15) is 24.3 Å².